The Bertz CT molecular complexity index is 1180. The Labute approximate surface area is 189 Å². The molecule has 6 heteroatoms. The SMILES string of the molecule is O=C(O)C(Cc1ccc(OCc2cnc3ccccc3c2)cc1)Sc1ccc(Cl)cc1. The van der Waals surface area contributed by atoms with E-state index < -0.39 is 11.2 Å². The van der Waals surface area contributed by atoms with Gasteiger partial charge in [0.1, 0.15) is 17.6 Å². The van der Waals surface area contributed by atoms with E-state index >= 15 is 0 Å². The van der Waals surface area contributed by atoms with Crippen LogP contribution in [-0.2, 0) is 17.8 Å². The quantitative estimate of drug-likeness (QED) is 0.322. The number of rotatable bonds is 8. The molecule has 0 amide bonds. The number of carboxylic acid groups (broad SMARTS) is 1. The number of aromatic nitrogens is 1. The van der Waals surface area contributed by atoms with E-state index in [2.05, 4.69) is 11.1 Å². The van der Waals surface area contributed by atoms with Gasteiger partial charge in [0, 0.05) is 27.1 Å². The number of hydrogen-bond acceptors (Lipinski definition) is 4. The van der Waals surface area contributed by atoms with Crippen molar-refractivity contribution in [2.45, 2.75) is 23.2 Å². The van der Waals surface area contributed by atoms with Crippen LogP contribution in [0.2, 0.25) is 5.02 Å². The molecule has 1 N–H and O–H groups in total. The van der Waals surface area contributed by atoms with Crippen molar-refractivity contribution in [3.05, 3.63) is 101 Å². The number of para-hydroxylation sites is 1. The molecule has 156 valence electrons. The van der Waals surface area contributed by atoms with Crippen LogP contribution in [0, 0.1) is 0 Å². The summed E-state index contributed by atoms with van der Waals surface area (Å²) >= 11 is 7.22. The largest absolute Gasteiger partial charge is 0.489 e. The summed E-state index contributed by atoms with van der Waals surface area (Å²) in [6.45, 7) is 0.418. The standard InChI is InChI=1S/C25H20ClNO3S/c26-20-7-11-22(12-8-20)31-24(25(28)29)14-17-5-9-21(10-6-17)30-16-18-13-19-3-1-2-4-23(19)27-15-18/h1-13,15,24H,14,16H2,(H,28,29). The predicted octanol–water partition coefficient (Wildman–Crippen LogP) is 6.26. The van der Waals surface area contributed by atoms with Crippen LogP contribution in [0.4, 0.5) is 0 Å². The number of halogens is 1. The van der Waals surface area contributed by atoms with Crippen LogP contribution in [0.5, 0.6) is 5.75 Å². The van der Waals surface area contributed by atoms with Crippen LogP contribution in [-0.4, -0.2) is 21.3 Å². The number of ether oxygens (including phenoxy) is 1. The Balaban J connectivity index is 1.37. The highest BCUT2D eigenvalue weighted by Gasteiger charge is 2.19. The van der Waals surface area contributed by atoms with E-state index in [9.17, 15) is 9.90 Å². The highest BCUT2D eigenvalue weighted by atomic mass is 35.5. The molecule has 0 spiro atoms. The second kappa shape index (κ2) is 9.86. The van der Waals surface area contributed by atoms with Crippen molar-refractivity contribution in [3.63, 3.8) is 0 Å². The highest BCUT2D eigenvalue weighted by molar-refractivity contribution is 8.00. The molecule has 0 aliphatic heterocycles. The minimum atomic E-state index is -0.843. The van der Waals surface area contributed by atoms with Gasteiger partial charge < -0.3 is 9.84 Å². The molecule has 0 radical (unpaired) electrons. The second-order valence-corrected chi connectivity index (χ2v) is 8.78. The lowest BCUT2D eigenvalue weighted by atomic mass is 10.1. The van der Waals surface area contributed by atoms with Crippen molar-refractivity contribution in [2.75, 3.05) is 0 Å². The molecule has 1 heterocycles. The lowest BCUT2D eigenvalue weighted by Gasteiger charge is -2.13. The number of benzene rings is 3. The van der Waals surface area contributed by atoms with E-state index in [1.165, 1.54) is 11.8 Å². The smallest absolute Gasteiger partial charge is 0.317 e. The molecular weight excluding hydrogens is 430 g/mol. The molecule has 31 heavy (non-hydrogen) atoms. The fourth-order valence-corrected chi connectivity index (χ4v) is 4.28. The van der Waals surface area contributed by atoms with Crippen LogP contribution < -0.4 is 4.74 Å². The van der Waals surface area contributed by atoms with Gasteiger partial charge in [-0.3, -0.25) is 9.78 Å². The normalized spacial score (nSPS) is 11.9. The molecule has 0 aliphatic carbocycles. The van der Waals surface area contributed by atoms with E-state index in [1.807, 2.05) is 66.9 Å². The molecule has 1 unspecified atom stereocenters. The van der Waals surface area contributed by atoms with Crippen molar-refractivity contribution in [1.29, 1.82) is 0 Å². The zero-order valence-electron chi connectivity index (χ0n) is 16.6. The first kappa shape index (κ1) is 21.2. The minimum Gasteiger partial charge on any atom is -0.489 e. The fraction of sp³-hybridized carbons (Fsp3) is 0.120. The van der Waals surface area contributed by atoms with E-state index in [4.69, 9.17) is 16.3 Å². The van der Waals surface area contributed by atoms with Gasteiger partial charge in [-0.15, -0.1) is 11.8 Å². The van der Waals surface area contributed by atoms with Crippen LogP contribution in [0.1, 0.15) is 11.1 Å². The summed E-state index contributed by atoms with van der Waals surface area (Å²) in [6, 6.07) is 24.8. The van der Waals surface area contributed by atoms with Gasteiger partial charge in [-0.2, -0.15) is 0 Å². The maximum absolute atomic E-state index is 11.7. The Kier molecular flexibility index (Phi) is 6.75. The summed E-state index contributed by atoms with van der Waals surface area (Å²) in [5.41, 5.74) is 2.89. The summed E-state index contributed by atoms with van der Waals surface area (Å²) in [5.74, 6) is -0.113. The van der Waals surface area contributed by atoms with Crippen molar-refractivity contribution >= 4 is 40.2 Å². The molecule has 1 aromatic heterocycles. The molecule has 0 saturated carbocycles. The molecule has 0 bridgehead atoms. The average Bonchev–Trinajstić information content (AvgIpc) is 2.79. The fourth-order valence-electron chi connectivity index (χ4n) is 3.15. The molecule has 0 aliphatic rings. The lowest BCUT2D eigenvalue weighted by molar-refractivity contribution is -0.136. The minimum absolute atomic E-state index is 0.414. The Morgan fingerprint density at radius 3 is 2.48 bits per heavy atom. The maximum Gasteiger partial charge on any atom is 0.317 e. The number of thioether (sulfide) groups is 1. The van der Waals surface area contributed by atoms with E-state index in [0.717, 1.165) is 32.7 Å². The van der Waals surface area contributed by atoms with Gasteiger partial charge >= 0.3 is 5.97 Å². The third-order valence-corrected chi connectivity index (χ3v) is 6.21. The van der Waals surface area contributed by atoms with E-state index in [-0.39, 0.29) is 0 Å². The number of nitrogens with zero attached hydrogens (tertiary/aromatic N) is 1. The average molecular weight is 450 g/mol. The Morgan fingerprint density at radius 2 is 1.74 bits per heavy atom. The molecule has 4 rings (SSSR count). The highest BCUT2D eigenvalue weighted by Crippen LogP contribution is 2.28. The van der Waals surface area contributed by atoms with Gasteiger partial charge in [0.25, 0.3) is 0 Å². The first-order valence-corrected chi connectivity index (χ1v) is 11.0. The lowest BCUT2D eigenvalue weighted by Crippen LogP contribution is -2.19. The van der Waals surface area contributed by atoms with Gasteiger partial charge in [0.2, 0.25) is 0 Å². The maximum atomic E-state index is 11.7. The molecule has 1 atom stereocenters. The Morgan fingerprint density at radius 1 is 1.00 bits per heavy atom. The summed E-state index contributed by atoms with van der Waals surface area (Å²) in [7, 11) is 0. The van der Waals surface area contributed by atoms with Crippen molar-refractivity contribution < 1.29 is 14.6 Å². The van der Waals surface area contributed by atoms with E-state index in [0.29, 0.717) is 18.1 Å². The second-order valence-electron chi connectivity index (χ2n) is 7.07. The van der Waals surface area contributed by atoms with Crippen LogP contribution >= 0.6 is 23.4 Å². The number of carboxylic acids is 1. The third-order valence-electron chi connectivity index (χ3n) is 4.76. The third kappa shape index (κ3) is 5.78. The summed E-state index contributed by atoms with van der Waals surface area (Å²) in [4.78, 5) is 17.0. The number of hydrogen-bond donors (Lipinski definition) is 1. The first-order valence-electron chi connectivity index (χ1n) is 9.77. The van der Waals surface area contributed by atoms with Crippen molar-refractivity contribution in [1.82, 2.24) is 4.98 Å². The molecule has 4 nitrogen and oxygen atoms in total. The number of pyridine rings is 1. The topological polar surface area (TPSA) is 59.4 Å². The van der Waals surface area contributed by atoms with Gasteiger partial charge in [0.15, 0.2) is 0 Å². The van der Waals surface area contributed by atoms with Gasteiger partial charge in [0.05, 0.1) is 5.52 Å². The van der Waals surface area contributed by atoms with Gasteiger partial charge in [-0.05, 0) is 60.5 Å². The van der Waals surface area contributed by atoms with Crippen molar-refractivity contribution in [3.8, 4) is 5.75 Å². The van der Waals surface area contributed by atoms with Crippen LogP contribution in [0.25, 0.3) is 10.9 Å². The van der Waals surface area contributed by atoms with Gasteiger partial charge in [-0.1, -0.05) is 41.9 Å². The number of carbonyl (C=O) groups is 1. The summed E-state index contributed by atoms with van der Waals surface area (Å²) < 4.78 is 5.88. The van der Waals surface area contributed by atoms with Crippen LogP contribution in [0.3, 0.4) is 0 Å². The van der Waals surface area contributed by atoms with Crippen molar-refractivity contribution in [2.24, 2.45) is 0 Å². The number of aliphatic carboxylic acids is 1. The first-order chi connectivity index (χ1) is 15.1. The van der Waals surface area contributed by atoms with Crippen LogP contribution in [0.15, 0.2) is 90.0 Å². The molecular formula is C25H20ClNO3S. The molecule has 0 saturated heterocycles. The molecule has 4 aromatic rings. The monoisotopic (exact) mass is 449 g/mol. The zero-order chi connectivity index (χ0) is 21.6. The van der Waals surface area contributed by atoms with Gasteiger partial charge in [-0.25, -0.2) is 0 Å². The summed E-state index contributed by atoms with van der Waals surface area (Å²) in [5, 5.41) is 10.7. The molecule has 3 aromatic carbocycles. The van der Waals surface area contributed by atoms with E-state index in [1.54, 1.807) is 12.1 Å². The summed E-state index contributed by atoms with van der Waals surface area (Å²) in [6.07, 6.45) is 2.24. The molecule has 0 fully saturated rings. The Hall–Kier alpha value is -3.02. The predicted molar refractivity (Wildman–Crippen MR) is 125 cm³/mol. The zero-order valence-corrected chi connectivity index (χ0v) is 18.1. The number of fused-ring (bicyclic) bond motifs is 1.